The highest BCUT2D eigenvalue weighted by Gasteiger charge is 2.45. The van der Waals surface area contributed by atoms with Crippen molar-refractivity contribution < 1.29 is 9.90 Å². The Morgan fingerprint density at radius 1 is 1.28 bits per heavy atom. The second-order valence-corrected chi connectivity index (χ2v) is 7.28. The molecule has 3 fully saturated rings. The first kappa shape index (κ1) is 12.8. The van der Waals surface area contributed by atoms with Crippen molar-refractivity contribution in [2.24, 2.45) is 11.8 Å². The average molecular weight is 269 g/mol. The van der Waals surface area contributed by atoms with Crippen molar-refractivity contribution in [2.75, 3.05) is 18.1 Å². The van der Waals surface area contributed by atoms with Crippen LogP contribution in [0, 0.1) is 11.8 Å². The van der Waals surface area contributed by atoms with Gasteiger partial charge in [-0.05, 0) is 49.0 Å². The summed E-state index contributed by atoms with van der Waals surface area (Å²) in [4.78, 5) is 13.8. The van der Waals surface area contributed by atoms with Crippen LogP contribution in [0.25, 0.3) is 0 Å². The highest BCUT2D eigenvalue weighted by Crippen LogP contribution is 2.41. The highest BCUT2D eigenvalue weighted by molar-refractivity contribution is 7.99. The predicted molar refractivity (Wildman–Crippen MR) is 73.9 cm³/mol. The average Bonchev–Trinajstić information content (AvgIpc) is 2.98. The van der Waals surface area contributed by atoms with Crippen LogP contribution in [0.1, 0.15) is 38.5 Å². The predicted octanol–water partition coefficient (Wildman–Crippen LogP) is 2.46. The fourth-order valence-corrected chi connectivity index (χ4v) is 5.36. The standard InChI is InChI=1S/C14H23NO2S/c16-14(17)13-7-11-3-1-2-4-12(11)15(13)8-10-5-6-18-9-10/h10-13H,1-9H2,(H,16,17). The summed E-state index contributed by atoms with van der Waals surface area (Å²) in [6, 6.07) is 0.383. The molecule has 0 aromatic rings. The zero-order valence-corrected chi connectivity index (χ0v) is 11.7. The number of carboxylic acid groups (broad SMARTS) is 1. The molecule has 1 N–H and O–H groups in total. The third-order valence-corrected chi connectivity index (χ3v) is 6.23. The van der Waals surface area contributed by atoms with Gasteiger partial charge in [0.25, 0.3) is 0 Å². The van der Waals surface area contributed by atoms with Crippen LogP contribution in [0.2, 0.25) is 0 Å². The molecule has 18 heavy (non-hydrogen) atoms. The SMILES string of the molecule is O=C(O)C1CC2CCCCC2N1CC1CCSC1. The third kappa shape index (κ3) is 2.42. The fraction of sp³-hybridized carbons (Fsp3) is 0.929. The third-order valence-electron chi connectivity index (χ3n) is 5.00. The molecular weight excluding hydrogens is 246 g/mol. The molecule has 3 rings (SSSR count). The van der Waals surface area contributed by atoms with E-state index in [1.165, 1.54) is 43.6 Å². The number of likely N-dealkylation sites (tertiary alicyclic amines) is 1. The summed E-state index contributed by atoms with van der Waals surface area (Å²) in [7, 11) is 0. The van der Waals surface area contributed by atoms with Crippen molar-refractivity contribution in [3.05, 3.63) is 0 Å². The number of hydrogen-bond acceptors (Lipinski definition) is 3. The van der Waals surface area contributed by atoms with Gasteiger partial charge >= 0.3 is 5.97 Å². The number of fused-ring (bicyclic) bond motifs is 1. The Hall–Kier alpha value is -0.220. The van der Waals surface area contributed by atoms with Crippen LogP contribution >= 0.6 is 11.8 Å². The molecule has 2 aliphatic heterocycles. The number of nitrogens with zero attached hydrogens (tertiary/aromatic N) is 1. The Labute approximate surface area is 113 Å². The second kappa shape index (κ2) is 5.41. The van der Waals surface area contributed by atoms with Gasteiger partial charge in [-0.2, -0.15) is 11.8 Å². The van der Waals surface area contributed by atoms with Crippen LogP contribution < -0.4 is 0 Å². The summed E-state index contributed by atoms with van der Waals surface area (Å²) in [5.74, 6) is 3.31. The van der Waals surface area contributed by atoms with Crippen molar-refractivity contribution >= 4 is 17.7 Å². The van der Waals surface area contributed by atoms with E-state index in [0.29, 0.717) is 12.0 Å². The highest BCUT2D eigenvalue weighted by atomic mass is 32.2. The largest absolute Gasteiger partial charge is 0.480 e. The molecule has 4 unspecified atom stereocenters. The van der Waals surface area contributed by atoms with Gasteiger partial charge in [-0.15, -0.1) is 0 Å². The van der Waals surface area contributed by atoms with Crippen molar-refractivity contribution in [3.63, 3.8) is 0 Å². The minimum atomic E-state index is -0.588. The van der Waals surface area contributed by atoms with Gasteiger partial charge in [-0.25, -0.2) is 0 Å². The maximum atomic E-state index is 11.5. The van der Waals surface area contributed by atoms with E-state index in [1.54, 1.807) is 0 Å². The molecule has 3 aliphatic rings. The number of carbonyl (C=O) groups is 1. The molecule has 4 atom stereocenters. The summed E-state index contributed by atoms with van der Waals surface area (Å²) in [6.07, 6.45) is 7.27. The molecule has 0 amide bonds. The van der Waals surface area contributed by atoms with E-state index in [2.05, 4.69) is 4.90 Å². The molecule has 0 bridgehead atoms. The lowest BCUT2D eigenvalue weighted by Gasteiger charge is -2.34. The second-order valence-electron chi connectivity index (χ2n) is 6.13. The van der Waals surface area contributed by atoms with Gasteiger partial charge in [0.1, 0.15) is 6.04 Å². The van der Waals surface area contributed by atoms with E-state index in [1.807, 2.05) is 11.8 Å². The maximum Gasteiger partial charge on any atom is 0.320 e. The van der Waals surface area contributed by atoms with Crippen molar-refractivity contribution in [1.82, 2.24) is 4.90 Å². The maximum absolute atomic E-state index is 11.5. The lowest BCUT2D eigenvalue weighted by Crippen LogP contribution is -2.44. The normalized spacial score (nSPS) is 40.9. The molecule has 0 radical (unpaired) electrons. The summed E-state index contributed by atoms with van der Waals surface area (Å²) in [5.41, 5.74) is 0. The molecule has 3 nitrogen and oxygen atoms in total. The topological polar surface area (TPSA) is 40.5 Å². The van der Waals surface area contributed by atoms with Gasteiger partial charge in [0.05, 0.1) is 0 Å². The monoisotopic (exact) mass is 269 g/mol. The summed E-state index contributed by atoms with van der Waals surface area (Å²) in [5, 5.41) is 9.46. The van der Waals surface area contributed by atoms with E-state index in [9.17, 15) is 9.90 Å². The van der Waals surface area contributed by atoms with E-state index < -0.39 is 5.97 Å². The van der Waals surface area contributed by atoms with Crippen LogP contribution in [-0.2, 0) is 4.79 Å². The lowest BCUT2D eigenvalue weighted by atomic mass is 9.84. The van der Waals surface area contributed by atoms with Gasteiger partial charge in [0, 0.05) is 12.6 Å². The van der Waals surface area contributed by atoms with E-state index >= 15 is 0 Å². The first-order valence-corrected chi connectivity index (χ1v) is 8.47. The summed E-state index contributed by atoms with van der Waals surface area (Å²) in [6.45, 7) is 1.03. The Bertz CT molecular complexity index is 317. The molecule has 0 spiro atoms. The number of aliphatic carboxylic acids is 1. The van der Waals surface area contributed by atoms with E-state index in [-0.39, 0.29) is 6.04 Å². The quantitative estimate of drug-likeness (QED) is 0.854. The lowest BCUT2D eigenvalue weighted by molar-refractivity contribution is -0.142. The summed E-state index contributed by atoms with van der Waals surface area (Å²) < 4.78 is 0. The van der Waals surface area contributed by atoms with Crippen LogP contribution in [-0.4, -0.2) is 46.1 Å². The van der Waals surface area contributed by atoms with E-state index in [4.69, 9.17) is 0 Å². The van der Waals surface area contributed by atoms with Crippen LogP contribution in [0.3, 0.4) is 0 Å². The molecule has 1 saturated carbocycles. The van der Waals surface area contributed by atoms with Crippen LogP contribution in [0.4, 0.5) is 0 Å². The van der Waals surface area contributed by atoms with Gasteiger partial charge in [0.2, 0.25) is 0 Å². The summed E-state index contributed by atoms with van der Waals surface area (Å²) >= 11 is 2.03. The number of rotatable bonds is 3. The van der Waals surface area contributed by atoms with Gasteiger partial charge in [-0.3, -0.25) is 9.69 Å². The minimum Gasteiger partial charge on any atom is -0.480 e. The molecule has 2 heterocycles. The van der Waals surface area contributed by atoms with Gasteiger partial charge in [0.15, 0.2) is 0 Å². The first-order valence-electron chi connectivity index (χ1n) is 7.32. The van der Waals surface area contributed by atoms with Crippen LogP contribution in [0.5, 0.6) is 0 Å². The molecular formula is C14H23NO2S. The Balaban J connectivity index is 1.71. The van der Waals surface area contributed by atoms with Crippen molar-refractivity contribution in [1.29, 1.82) is 0 Å². The van der Waals surface area contributed by atoms with E-state index in [0.717, 1.165) is 18.9 Å². The zero-order chi connectivity index (χ0) is 12.5. The zero-order valence-electron chi connectivity index (χ0n) is 10.9. The number of thioether (sulfide) groups is 1. The number of carboxylic acids is 1. The fourth-order valence-electron chi connectivity index (χ4n) is 4.08. The molecule has 1 aliphatic carbocycles. The van der Waals surface area contributed by atoms with Gasteiger partial charge < -0.3 is 5.11 Å². The van der Waals surface area contributed by atoms with Crippen molar-refractivity contribution in [3.8, 4) is 0 Å². The van der Waals surface area contributed by atoms with Crippen molar-refractivity contribution in [2.45, 2.75) is 50.6 Å². The Kier molecular flexibility index (Phi) is 3.85. The Morgan fingerprint density at radius 3 is 2.83 bits per heavy atom. The number of hydrogen-bond donors (Lipinski definition) is 1. The van der Waals surface area contributed by atoms with Crippen LogP contribution in [0.15, 0.2) is 0 Å². The first-order chi connectivity index (χ1) is 8.75. The Morgan fingerprint density at radius 2 is 2.11 bits per heavy atom. The molecule has 102 valence electrons. The molecule has 0 aromatic carbocycles. The minimum absolute atomic E-state index is 0.191. The smallest absolute Gasteiger partial charge is 0.320 e. The molecule has 0 aromatic heterocycles. The molecule has 2 saturated heterocycles. The van der Waals surface area contributed by atoms with Gasteiger partial charge in [-0.1, -0.05) is 12.8 Å². The molecule has 4 heteroatoms.